The van der Waals surface area contributed by atoms with Crippen LogP contribution in [-0.4, -0.2) is 54.1 Å². The van der Waals surface area contributed by atoms with Gasteiger partial charge in [-0.3, -0.25) is 4.68 Å². The number of hydrogen-bond donors (Lipinski definition) is 0. The van der Waals surface area contributed by atoms with Crippen LogP contribution in [0.25, 0.3) is 0 Å². The highest BCUT2D eigenvalue weighted by Crippen LogP contribution is 2.00. The summed E-state index contributed by atoms with van der Waals surface area (Å²) in [6.07, 6.45) is 2.57. The van der Waals surface area contributed by atoms with Gasteiger partial charge < -0.3 is 14.4 Å². The van der Waals surface area contributed by atoms with Gasteiger partial charge in [-0.2, -0.15) is 5.10 Å². The number of carbonyl (C=O) groups excluding carboxylic acids is 2. The molecule has 1 aromatic heterocycles. The molecule has 0 saturated carbocycles. The van der Waals surface area contributed by atoms with E-state index in [1.807, 2.05) is 0 Å². The maximum atomic E-state index is 11.4. The first-order chi connectivity index (χ1) is 8.54. The zero-order valence-electron chi connectivity index (χ0n) is 10.8. The Labute approximate surface area is 105 Å². The van der Waals surface area contributed by atoms with Gasteiger partial charge in [0.15, 0.2) is 0 Å². The molecule has 100 valence electrons. The first-order valence-electron chi connectivity index (χ1n) is 5.58. The average molecular weight is 255 g/mol. The van der Waals surface area contributed by atoms with Crippen LogP contribution in [0.5, 0.6) is 0 Å². The number of esters is 1. The third-order valence-electron chi connectivity index (χ3n) is 2.06. The van der Waals surface area contributed by atoms with Gasteiger partial charge in [0.25, 0.3) is 0 Å². The van der Waals surface area contributed by atoms with Gasteiger partial charge in [0, 0.05) is 20.3 Å². The summed E-state index contributed by atoms with van der Waals surface area (Å²) in [6.45, 7) is 2.65. The van der Waals surface area contributed by atoms with E-state index in [4.69, 9.17) is 9.47 Å². The molecular formula is C11H17N3O4. The van der Waals surface area contributed by atoms with E-state index >= 15 is 0 Å². The molecule has 1 aromatic rings. The molecule has 18 heavy (non-hydrogen) atoms. The Morgan fingerprint density at radius 3 is 2.72 bits per heavy atom. The number of aromatic nitrogens is 2. The third kappa shape index (κ3) is 4.08. The lowest BCUT2D eigenvalue weighted by Crippen LogP contribution is -2.24. The summed E-state index contributed by atoms with van der Waals surface area (Å²) in [6, 6.07) is 0. The number of ether oxygens (including phenoxy) is 2. The topological polar surface area (TPSA) is 73.7 Å². The quantitative estimate of drug-likeness (QED) is 0.726. The van der Waals surface area contributed by atoms with Crippen molar-refractivity contribution >= 4 is 12.1 Å². The second kappa shape index (κ2) is 6.63. The van der Waals surface area contributed by atoms with Crippen LogP contribution in [0.2, 0.25) is 0 Å². The molecule has 0 unspecified atom stereocenters. The minimum absolute atomic E-state index is 0.195. The van der Waals surface area contributed by atoms with Crippen LogP contribution in [0, 0.1) is 0 Å². The number of amides is 1. The Kier molecular flexibility index (Phi) is 5.16. The van der Waals surface area contributed by atoms with Crippen molar-refractivity contribution in [3.05, 3.63) is 18.0 Å². The molecule has 7 heteroatoms. The zero-order chi connectivity index (χ0) is 13.5. The minimum atomic E-state index is -0.409. The molecule has 0 radical (unpaired) electrons. The lowest BCUT2D eigenvalue weighted by molar-refractivity contribution is 0.0526. The highest BCUT2D eigenvalue weighted by Gasteiger charge is 2.09. The normalized spacial score (nSPS) is 9.94. The fourth-order valence-electron chi connectivity index (χ4n) is 1.16. The Balaban J connectivity index is 2.40. The monoisotopic (exact) mass is 255 g/mol. The lowest BCUT2D eigenvalue weighted by Gasteiger charge is -2.10. The van der Waals surface area contributed by atoms with E-state index in [-0.39, 0.29) is 6.61 Å². The molecule has 0 atom stereocenters. The highest BCUT2D eigenvalue weighted by atomic mass is 16.6. The van der Waals surface area contributed by atoms with Crippen molar-refractivity contribution in [2.24, 2.45) is 0 Å². The van der Waals surface area contributed by atoms with E-state index in [0.717, 1.165) is 0 Å². The average Bonchev–Trinajstić information content (AvgIpc) is 2.78. The van der Waals surface area contributed by atoms with Gasteiger partial charge in [0.2, 0.25) is 0 Å². The molecule has 0 bridgehead atoms. The van der Waals surface area contributed by atoms with Crippen molar-refractivity contribution in [3.8, 4) is 0 Å². The molecule has 7 nitrogen and oxygen atoms in total. The van der Waals surface area contributed by atoms with Crippen molar-refractivity contribution in [2.75, 3.05) is 27.3 Å². The number of rotatable bonds is 5. The molecule has 0 N–H and O–H groups in total. The van der Waals surface area contributed by atoms with Crippen molar-refractivity contribution in [1.82, 2.24) is 14.7 Å². The van der Waals surface area contributed by atoms with Gasteiger partial charge in [-0.1, -0.05) is 0 Å². The van der Waals surface area contributed by atoms with Crippen LogP contribution < -0.4 is 0 Å². The molecule has 0 aliphatic rings. The first-order valence-corrected chi connectivity index (χ1v) is 5.58. The highest BCUT2D eigenvalue weighted by molar-refractivity contribution is 5.88. The fraction of sp³-hybridized carbons (Fsp3) is 0.545. The van der Waals surface area contributed by atoms with E-state index in [9.17, 15) is 9.59 Å². The summed E-state index contributed by atoms with van der Waals surface area (Å²) in [5.74, 6) is -0.408. The number of nitrogens with zero attached hydrogens (tertiary/aromatic N) is 3. The van der Waals surface area contributed by atoms with Crippen molar-refractivity contribution in [1.29, 1.82) is 0 Å². The van der Waals surface area contributed by atoms with E-state index < -0.39 is 12.1 Å². The SMILES string of the molecule is CCOC(=O)c1cnn(CCOC(=O)N(C)C)c1. The maximum absolute atomic E-state index is 11.4. The van der Waals surface area contributed by atoms with E-state index in [1.54, 1.807) is 27.2 Å². The van der Waals surface area contributed by atoms with Crippen LogP contribution >= 0.6 is 0 Å². The summed E-state index contributed by atoms with van der Waals surface area (Å²) in [7, 11) is 3.21. The number of hydrogen-bond acceptors (Lipinski definition) is 5. The molecule has 0 aliphatic carbocycles. The summed E-state index contributed by atoms with van der Waals surface area (Å²) in [5.41, 5.74) is 0.385. The molecule has 1 heterocycles. The number of carbonyl (C=O) groups is 2. The summed E-state index contributed by atoms with van der Waals surface area (Å²) >= 11 is 0. The lowest BCUT2D eigenvalue weighted by atomic mass is 10.4. The second-order valence-electron chi connectivity index (χ2n) is 3.72. The van der Waals surface area contributed by atoms with Gasteiger partial charge in [-0.15, -0.1) is 0 Å². The van der Waals surface area contributed by atoms with Crippen LogP contribution in [0.4, 0.5) is 4.79 Å². The summed E-state index contributed by atoms with van der Waals surface area (Å²) in [5, 5.41) is 3.97. The largest absolute Gasteiger partial charge is 0.462 e. The van der Waals surface area contributed by atoms with Crippen LogP contribution in [0.15, 0.2) is 12.4 Å². The Morgan fingerprint density at radius 1 is 1.39 bits per heavy atom. The Hall–Kier alpha value is -2.05. The van der Waals surface area contributed by atoms with Gasteiger partial charge in [0.05, 0.1) is 24.9 Å². The van der Waals surface area contributed by atoms with Crippen LogP contribution in [0.3, 0.4) is 0 Å². The second-order valence-corrected chi connectivity index (χ2v) is 3.72. The predicted molar refractivity (Wildman–Crippen MR) is 63.2 cm³/mol. The molecule has 1 rings (SSSR count). The molecule has 0 aliphatic heterocycles. The van der Waals surface area contributed by atoms with E-state index in [2.05, 4.69) is 5.10 Å². The van der Waals surface area contributed by atoms with Gasteiger partial charge in [-0.25, -0.2) is 9.59 Å². The van der Waals surface area contributed by atoms with Crippen molar-refractivity contribution in [2.45, 2.75) is 13.5 Å². The van der Waals surface area contributed by atoms with Crippen molar-refractivity contribution in [3.63, 3.8) is 0 Å². The molecule has 0 saturated heterocycles. The zero-order valence-corrected chi connectivity index (χ0v) is 10.8. The van der Waals surface area contributed by atoms with Crippen LogP contribution in [0.1, 0.15) is 17.3 Å². The Bertz CT molecular complexity index is 414. The fourth-order valence-corrected chi connectivity index (χ4v) is 1.16. The predicted octanol–water partition coefficient (Wildman–Crippen LogP) is 0.758. The molecule has 0 aromatic carbocycles. The molecule has 0 spiro atoms. The third-order valence-corrected chi connectivity index (χ3v) is 2.06. The van der Waals surface area contributed by atoms with Gasteiger partial charge >= 0.3 is 12.1 Å². The van der Waals surface area contributed by atoms with Gasteiger partial charge in [-0.05, 0) is 6.92 Å². The molecule has 0 fully saturated rings. The maximum Gasteiger partial charge on any atom is 0.409 e. The Morgan fingerprint density at radius 2 is 2.11 bits per heavy atom. The minimum Gasteiger partial charge on any atom is -0.462 e. The summed E-state index contributed by atoms with van der Waals surface area (Å²) < 4.78 is 11.3. The van der Waals surface area contributed by atoms with E-state index in [1.165, 1.54) is 15.8 Å². The standard InChI is InChI=1S/C11H17N3O4/c1-4-17-10(15)9-7-12-14(8-9)5-6-18-11(16)13(2)3/h7-8H,4-6H2,1-3H3. The molecular weight excluding hydrogens is 238 g/mol. The first kappa shape index (κ1) is 14.0. The summed E-state index contributed by atoms with van der Waals surface area (Å²) in [4.78, 5) is 23.8. The smallest absolute Gasteiger partial charge is 0.409 e. The van der Waals surface area contributed by atoms with Crippen LogP contribution in [-0.2, 0) is 16.0 Å². The van der Waals surface area contributed by atoms with Gasteiger partial charge in [0.1, 0.15) is 6.61 Å². The van der Waals surface area contributed by atoms with E-state index in [0.29, 0.717) is 18.7 Å². The molecule has 1 amide bonds. The van der Waals surface area contributed by atoms with Crippen molar-refractivity contribution < 1.29 is 19.1 Å².